The molecule has 88 valence electrons. The Balaban J connectivity index is 2.53. The number of methoxy groups -OCH3 is 1. The molecule has 4 nitrogen and oxygen atoms in total. The van der Waals surface area contributed by atoms with Gasteiger partial charge in [-0.25, -0.2) is 0 Å². The van der Waals surface area contributed by atoms with Crippen molar-refractivity contribution in [3.8, 4) is 0 Å². The van der Waals surface area contributed by atoms with Crippen LogP contribution in [0, 0.1) is 5.92 Å². The molecule has 0 aromatic carbocycles. The fourth-order valence-electron chi connectivity index (χ4n) is 2.11. The largest absolute Gasteiger partial charge is 0.392 e. The quantitative estimate of drug-likeness (QED) is 0.732. The van der Waals surface area contributed by atoms with Gasteiger partial charge in [0, 0.05) is 13.0 Å². The highest BCUT2D eigenvalue weighted by molar-refractivity contribution is 5.83. The fraction of sp³-hybridized carbons (Fsp3) is 0.909. The molecule has 1 aliphatic rings. The van der Waals surface area contributed by atoms with E-state index in [4.69, 9.17) is 4.74 Å². The van der Waals surface area contributed by atoms with Crippen molar-refractivity contribution in [2.45, 2.75) is 31.5 Å². The van der Waals surface area contributed by atoms with Crippen LogP contribution >= 0.6 is 0 Å². The van der Waals surface area contributed by atoms with Crippen molar-refractivity contribution < 1.29 is 14.6 Å². The maximum Gasteiger partial charge on any atom is 0.152 e. The number of rotatable bonds is 4. The highest BCUT2D eigenvalue weighted by Crippen LogP contribution is 2.27. The summed E-state index contributed by atoms with van der Waals surface area (Å²) in [5, 5.41) is 9.77. The van der Waals surface area contributed by atoms with Gasteiger partial charge >= 0.3 is 0 Å². The van der Waals surface area contributed by atoms with E-state index in [0.29, 0.717) is 19.4 Å². The third-order valence-corrected chi connectivity index (χ3v) is 2.98. The molecule has 1 saturated carbocycles. The van der Waals surface area contributed by atoms with Crippen LogP contribution in [0.3, 0.4) is 0 Å². The summed E-state index contributed by atoms with van der Waals surface area (Å²) in [5.74, 6) is -0.125. The van der Waals surface area contributed by atoms with Gasteiger partial charge in [0.15, 0.2) is 5.78 Å². The molecule has 0 amide bonds. The number of ether oxygens (including phenoxy) is 1. The zero-order valence-electron chi connectivity index (χ0n) is 9.77. The molecule has 0 radical (unpaired) electrons. The van der Waals surface area contributed by atoms with Gasteiger partial charge in [0.05, 0.1) is 18.8 Å². The normalized spacial score (nSPS) is 31.9. The molecule has 4 heteroatoms. The Morgan fingerprint density at radius 2 is 2.13 bits per heavy atom. The maximum atomic E-state index is 11.8. The lowest BCUT2D eigenvalue weighted by Gasteiger charge is -2.32. The van der Waals surface area contributed by atoms with Gasteiger partial charge in [-0.3, -0.25) is 4.79 Å². The van der Waals surface area contributed by atoms with Crippen molar-refractivity contribution in [1.29, 1.82) is 0 Å². The van der Waals surface area contributed by atoms with Crippen LogP contribution in [0.1, 0.15) is 19.3 Å². The van der Waals surface area contributed by atoms with Gasteiger partial charge in [-0.1, -0.05) is 0 Å². The van der Waals surface area contributed by atoms with Gasteiger partial charge in [0.1, 0.15) is 0 Å². The summed E-state index contributed by atoms with van der Waals surface area (Å²) in [4.78, 5) is 13.7. The molecule has 0 aromatic heterocycles. The lowest BCUT2D eigenvalue weighted by atomic mass is 9.82. The van der Waals surface area contributed by atoms with Crippen molar-refractivity contribution in [2.24, 2.45) is 5.92 Å². The van der Waals surface area contributed by atoms with Gasteiger partial charge in [-0.2, -0.15) is 0 Å². The second kappa shape index (κ2) is 5.58. The third kappa shape index (κ3) is 3.55. The Labute approximate surface area is 91.2 Å². The minimum atomic E-state index is -0.483. The Kier molecular flexibility index (Phi) is 4.70. The summed E-state index contributed by atoms with van der Waals surface area (Å²) in [5.41, 5.74) is 0. The molecule has 15 heavy (non-hydrogen) atoms. The number of Topliss-reactive ketones (excluding diaryl/α,β-unsaturated/α-hetero) is 1. The van der Waals surface area contributed by atoms with E-state index in [1.54, 1.807) is 7.11 Å². The van der Waals surface area contributed by atoms with Crippen LogP contribution in [0.2, 0.25) is 0 Å². The second-order valence-corrected chi connectivity index (χ2v) is 4.55. The van der Waals surface area contributed by atoms with Gasteiger partial charge in [-0.15, -0.1) is 0 Å². The Hall–Kier alpha value is -0.450. The number of aliphatic hydroxyl groups is 1. The number of ketones is 1. The molecule has 3 atom stereocenters. The summed E-state index contributed by atoms with van der Waals surface area (Å²) in [6.45, 7) is 0.401. The Bertz CT molecular complexity index is 218. The SMILES string of the molecule is CO[C@H]1CC[C@H](O)[C@@H](C(=O)CN(C)C)C1. The fourth-order valence-corrected chi connectivity index (χ4v) is 2.11. The van der Waals surface area contributed by atoms with E-state index in [0.717, 1.165) is 6.42 Å². The molecular weight excluding hydrogens is 194 g/mol. The average molecular weight is 215 g/mol. The van der Waals surface area contributed by atoms with Crippen LogP contribution in [0.15, 0.2) is 0 Å². The van der Waals surface area contributed by atoms with Crippen LogP contribution in [0.25, 0.3) is 0 Å². The molecule has 0 aromatic rings. The monoisotopic (exact) mass is 215 g/mol. The molecule has 0 saturated heterocycles. The van der Waals surface area contributed by atoms with Crippen molar-refractivity contribution in [3.05, 3.63) is 0 Å². The first-order valence-electron chi connectivity index (χ1n) is 5.43. The van der Waals surface area contributed by atoms with Crippen molar-refractivity contribution in [1.82, 2.24) is 4.90 Å². The number of hydrogen-bond acceptors (Lipinski definition) is 4. The molecular formula is C11H21NO3. The highest BCUT2D eigenvalue weighted by Gasteiger charge is 2.33. The molecule has 0 bridgehead atoms. The van der Waals surface area contributed by atoms with E-state index in [2.05, 4.69) is 0 Å². The van der Waals surface area contributed by atoms with Crippen LogP contribution in [-0.2, 0) is 9.53 Å². The zero-order valence-corrected chi connectivity index (χ0v) is 9.77. The molecule has 0 unspecified atom stereocenters. The Morgan fingerprint density at radius 1 is 1.47 bits per heavy atom. The van der Waals surface area contributed by atoms with E-state index in [9.17, 15) is 9.90 Å². The summed E-state index contributed by atoms with van der Waals surface area (Å²) in [6.07, 6.45) is 1.82. The van der Waals surface area contributed by atoms with Crippen molar-refractivity contribution in [3.63, 3.8) is 0 Å². The second-order valence-electron chi connectivity index (χ2n) is 4.55. The minimum absolute atomic E-state index is 0.120. The standard InChI is InChI=1S/C11H21NO3/c1-12(2)7-11(14)9-6-8(15-3)4-5-10(9)13/h8-10,13H,4-7H2,1-3H3/t8-,9-,10-/m0/s1. The van der Waals surface area contributed by atoms with E-state index < -0.39 is 6.10 Å². The van der Waals surface area contributed by atoms with Crippen molar-refractivity contribution in [2.75, 3.05) is 27.7 Å². The summed E-state index contributed by atoms with van der Waals surface area (Å²) in [6, 6.07) is 0. The Morgan fingerprint density at radius 3 is 2.67 bits per heavy atom. The molecule has 1 N–H and O–H groups in total. The van der Waals surface area contributed by atoms with Gasteiger partial charge in [0.2, 0.25) is 0 Å². The van der Waals surface area contributed by atoms with Crippen LogP contribution in [-0.4, -0.2) is 55.7 Å². The first-order valence-corrected chi connectivity index (χ1v) is 5.43. The number of likely N-dealkylation sites (N-methyl/N-ethyl adjacent to an activating group) is 1. The predicted molar refractivity (Wildman–Crippen MR) is 57.7 cm³/mol. The number of nitrogens with zero attached hydrogens (tertiary/aromatic N) is 1. The van der Waals surface area contributed by atoms with Gasteiger partial charge < -0.3 is 14.7 Å². The van der Waals surface area contributed by atoms with Crippen LogP contribution in [0.4, 0.5) is 0 Å². The molecule has 1 aliphatic carbocycles. The lowest BCUT2D eigenvalue weighted by molar-refractivity contribution is -0.131. The van der Waals surface area contributed by atoms with Crippen molar-refractivity contribution >= 4 is 5.78 Å². The lowest BCUT2D eigenvalue weighted by Crippen LogP contribution is -2.40. The maximum absolute atomic E-state index is 11.8. The minimum Gasteiger partial charge on any atom is -0.392 e. The van der Waals surface area contributed by atoms with E-state index in [1.807, 2.05) is 19.0 Å². The van der Waals surface area contributed by atoms with E-state index in [1.165, 1.54) is 0 Å². The molecule has 1 rings (SSSR count). The molecule has 1 fully saturated rings. The average Bonchev–Trinajstić information content (AvgIpc) is 2.17. The van der Waals surface area contributed by atoms with Gasteiger partial charge in [-0.05, 0) is 33.4 Å². The molecule has 0 aliphatic heterocycles. The zero-order chi connectivity index (χ0) is 11.4. The van der Waals surface area contributed by atoms with E-state index >= 15 is 0 Å². The smallest absolute Gasteiger partial charge is 0.152 e. The summed E-state index contributed by atoms with van der Waals surface area (Å²) < 4.78 is 5.25. The first kappa shape index (κ1) is 12.6. The summed E-state index contributed by atoms with van der Waals surface area (Å²) in [7, 11) is 5.39. The third-order valence-electron chi connectivity index (χ3n) is 2.98. The molecule has 0 spiro atoms. The molecule has 0 heterocycles. The number of carbonyl (C=O) groups is 1. The topological polar surface area (TPSA) is 49.8 Å². The van der Waals surface area contributed by atoms with E-state index in [-0.39, 0.29) is 17.8 Å². The predicted octanol–water partition coefficient (Wildman–Crippen LogP) is 0.293. The first-order chi connectivity index (χ1) is 7.04. The van der Waals surface area contributed by atoms with Crippen LogP contribution < -0.4 is 0 Å². The van der Waals surface area contributed by atoms with Crippen LogP contribution in [0.5, 0.6) is 0 Å². The highest BCUT2D eigenvalue weighted by atomic mass is 16.5. The number of aliphatic hydroxyl groups excluding tert-OH is 1. The number of hydrogen-bond donors (Lipinski definition) is 1. The van der Waals surface area contributed by atoms with Gasteiger partial charge in [0.25, 0.3) is 0 Å². The summed E-state index contributed by atoms with van der Waals surface area (Å²) >= 11 is 0. The number of carbonyl (C=O) groups excluding carboxylic acids is 1.